The number of hydrogen-bond acceptors (Lipinski definition) is 18. The van der Waals surface area contributed by atoms with Crippen LogP contribution in [0.15, 0.2) is 102 Å². The highest BCUT2D eigenvalue weighted by atomic mass is 32.1. The van der Waals surface area contributed by atoms with E-state index in [0.717, 1.165) is 54.8 Å². The lowest BCUT2D eigenvalue weighted by molar-refractivity contribution is -0.145. The maximum atomic E-state index is 13.7. The second-order valence-electron chi connectivity index (χ2n) is 36.9. The van der Waals surface area contributed by atoms with Crippen LogP contribution in [0.2, 0.25) is 0 Å². The minimum atomic E-state index is -0.833. The predicted octanol–water partition coefficient (Wildman–Crippen LogP) is 14.8. The fourth-order valence-corrected chi connectivity index (χ4v) is 15.2. The molecular formula is C88H134N12O10S3. The van der Waals surface area contributed by atoms with Crippen LogP contribution >= 0.6 is 34.0 Å². The van der Waals surface area contributed by atoms with Gasteiger partial charge in [0, 0.05) is 68.6 Å². The summed E-state index contributed by atoms with van der Waals surface area (Å²) in [7, 11) is 0. The Morgan fingerprint density at radius 3 is 1.06 bits per heavy atom. The van der Waals surface area contributed by atoms with Crippen molar-refractivity contribution in [2.75, 3.05) is 26.2 Å². The first-order chi connectivity index (χ1) is 52.1. The fourth-order valence-electron chi connectivity index (χ4n) is 12.7. The van der Waals surface area contributed by atoms with Gasteiger partial charge in [0.1, 0.15) is 24.2 Å². The number of aliphatic hydroxyl groups is 3. The highest BCUT2D eigenvalue weighted by Gasteiger charge is 2.47. The van der Waals surface area contributed by atoms with Crippen molar-refractivity contribution in [2.45, 2.75) is 285 Å². The Morgan fingerprint density at radius 2 is 0.805 bits per heavy atom. The number of aliphatic hydroxyl groups excluding tert-OH is 3. The van der Waals surface area contributed by atoms with Crippen molar-refractivity contribution in [2.24, 2.45) is 27.1 Å². The van der Waals surface area contributed by atoms with Crippen molar-refractivity contribution in [3.63, 3.8) is 0 Å². The summed E-state index contributed by atoms with van der Waals surface area (Å²) >= 11 is 4.86. The number of aryl methyl sites for hydroxylation is 3. The van der Waals surface area contributed by atoms with E-state index < -0.39 is 52.6 Å². The van der Waals surface area contributed by atoms with Crippen molar-refractivity contribution >= 4 is 75.4 Å². The third-order valence-corrected chi connectivity index (χ3v) is 22.9. The Labute approximate surface area is 686 Å². The van der Waals surface area contributed by atoms with Gasteiger partial charge in [-0.1, -0.05) is 197 Å². The van der Waals surface area contributed by atoms with Gasteiger partial charge < -0.3 is 61.9 Å². The van der Waals surface area contributed by atoms with Crippen LogP contribution in [-0.4, -0.2) is 167 Å². The third-order valence-electron chi connectivity index (χ3n) is 19.9. The lowest BCUT2D eigenvalue weighted by atomic mass is 9.84. The zero-order chi connectivity index (χ0) is 85.4. The molecule has 624 valence electrons. The molecule has 7 amide bonds. The van der Waals surface area contributed by atoms with E-state index in [9.17, 15) is 48.9 Å². The number of benzene rings is 3. The molecule has 6 aromatic rings. The molecule has 3 aromatic carbocycles. The van der Waals surface area contributed by atoms with E-state index in [1.807, 2.05) is 148 Å². The first-order valence-electron chi connectivity index (χ1n) is 39.5. The topological polar surface area (TPSA) is 301 Å². The molecule has 22 nitrogen and oxygen atoms in total. The summed E-state index contributed by atoms with van der Waals surface area (Å²) in [6.07, 6.45) is 0.309. The largest absolute Gasteiger partial charge is 0.391 e. The Morgan fingerprint density at radius 1 is 0.478 bits per heavy atom. The summed E-state index contributed by atoms with van der Waals surface area (Å²) in [5, 5.41) is 48.5. The zero-order valence-corrected chi connectivity index (χ0v) is 74.9. The monoisotopic (exact) mass is 1610 g/mol. The lowest BCUT2D eigenvalue weighted by Gasteiger charge is -2.38. The molecule has 0 unspecified atom stereocenters. The summed E-state index contributed by atoms with van der Waals surface area (Å²) in [5.41, 5.74) is 14.6. The predicted molar refractivity (Wildman–Crippen MR) is 460 cm³/mol. The molecular weight excluding hydrogens is 1480 g/mol. The minimum absolute atomic E-state index is 0.0478. The molecule has 3 saturated heterocycles. The quantitative estimate of drug-likeness (QED) is 0.0386. The van der Waals surface area contributed by atoms with Crippen molar-refractivity contribution in [1.82, 2.24) is 61.6 Å². The maximum Gasteiger partial charge on any atom is 0.246 e. The van der Waals surface area contributed by atoms with Gasteiger partial charge in [-0.05, 0) is 131 Å². The maximum absolute atomic E-state index is 13.7. The molecule has 0 aliphatic carbocycles. The van der Waals surface area contributed by atoms with Crippen molar-refractivity contribution in [3.05, 3.63) is 135 Å². The Balaban J connectivity index is 0.000000274. The van der Waals surface area contributed by atoms with Gasteiger partial charge in [0.2, 0.25) is 41.4 Å². The van der Waals surface area contributed by atoms with Crippen molar-refractivity contribution < 1.29 is 48.9 Å². The molecule has 3 aliphatic rings. The van der Waals surface area contributed by atoms with Gasteiger partial charge in [0.15, 0.2) is 0 Å². The number of allylic oxidation sites excluding steroid dienone is 1. The molecule has 25 heteroatoms. The summed E-state index contributed by atoms with van der Waals surface area (Å²) in [4.78, 5) is 111. The first-order valence-corrected chi connectivity index (χ1v) is 42.1. The minimum Gasteiger partial charge on any atom is -0.391 e. The third kappa shape index (κ3) is 29.2. The van der Waals surface area contributed by atoms with Gasteiger partial charge in [0.05, 0.1) is 84.7 Å². The van der Waals surface area contributed by atoms with Crippen LogP contribution < -0.4 is 31.9 Å². The number of carbonyl (C=O) groups is 7. The van der Waals surface area contributed by atoms with Crippen LogP contribution in [0.25, 0.3) is 31.3 Å². The number of nitrogens with one attached hydrogen (secondary N) is 6. The number of β-amino-alcohol motifs (C(OH)–C–C–N with tert-alkyl or cyclic N) is 3. The number of hydrogen-bond donors (Lipinski definition) is 9. The number of likely N-dealkylation sites (tertiary alicyclic amines) is 3. The molecule has 113 heavy (non-hydrogen) atoms. The highest BCUT2D eigenvalue weighted by molar-refractivity contribution is 7.14. The van der Waals surface area contributed by atoms with Crippen LogP contribution in [0.3, 0.4) is 0 Å². The van der Waals surface area contributed by atoms with Crippen LogP contribution in [0.1, 0.15) is 244 Å². The van der Waals surface area contributed by atoms with Crippen LogP contribution in [0, 0.1) is 47.8 Å². The molecule has 0 spiro atoms. The SMILES string of the molecule is C=C(C)N[C@@H](C)c1ccc(-c2scnc2C)cc1.CC(=O)N[C@H](C(=O)N1C[C@H](O)C[C@H]1C(=O)N[C@@H](C)c1ccc(-c2scnc2C)cc1)C(C)(C)C.CC(C)(C)N[C@H](C(=O)N1CC[C@@H](O)C1)C(C)(C)C.CCC(C)(C)C.Cc1ncsc1-c1ccc([C@H](C)NC(=O)[C@@H]2C[C@@H](O)CN2C(=O)[C@@H](NC(=O)C(C)(C)C)C(C)(C)C)cc1. The normalized spacial score (nSPS) is 18.8. The second-order valence-corrected chi connectivity index (χ2v) is 39.5. The van der Waals surface area contributed by atoms with Gasteiger partial charge >= 0.3 is 0 Å². The van der Waals surface area contributed by atoms with Gasteiger partial charge in [-0.15, -0.1) is 34.0 Å². The molecule has 11 atom stereocenters. The first kappa shape index (κ1) is 95.8. The number of aromatic nitrogens is 3. The number of carbonyl (C=O) groups excluding carboxylic acids is 7. The molecule has 0 radical (unpaired) electrons. The van der Waals surface area contributed by atoms with E-state index in [1.165, 1.54) is 39.1 Å². The number of thiazole rings is 3. The van der Waals surface area contributed by atoms with Crippen molar-refractivity contribution in [1.29, 1.82) is 0 Å². The molecule has 0 bridgehead atoms. The smallest absolute Gasteiger partial charge is 0.246 e. The van der Waals surface area contributed by atoms with Crippen LogP contribution in [0.4, 0.5) is 0 Å². The van der Waals surface area contributed by atoms with Gasteiger partial charge in [-0.2, -0.15) is 0 Å². The van der Waals surface area contributed by atoms with Gasteiger partial charge in [0.25, 0.3) is 0 Å². The summed E-state index contributed by atoms with van der Waals surface area (Å²) in [6.45, 7) is 58.3. The Hall–Kier alpha value is -7.78. The average Bonchev–Trinajstić information content (AvgIpc) is 1.72. The van der Waals surface area contributed by atoms with Crippen molar-refractivity contribution in [3.8, 4) is 31.3 Å². The molecule has 3 aliphatic heterocycles. The van der Waals surface area contributed by atoms with E-state index in [2.05, 4.69) is 154 Å². The van der Waals surface area contributed by atoms with E-state index in [-0.39, 0.29) is 102 Å². The summed E-state index contributed by atoms with van der Waals surface area (Å²) < 4.78 is 0. The molecule has 9 N–H and O–H groups in total. The Bertz CT molecular complexity index is 4110. The van der Waals surface area contributed by atoms with Gasteiger partial charge in [-0.3, -0.25) is 33.6 Å². The summed E-state index contributed by atoms with van der Waals surface area (Å²) in [6, 6.07) is 20.8. The molecule has 3 fully saturated rings. The lowest BCUT2D eigenvalue weighted by Crippen LogP contribution is -2.59. The second kappa shape index (κ2) is 40.7. The number of amides is 7. The van der Waals surface area contributed by atoms with E-state index in [1.54, 1.807) is 59.7 Å². The number of rotatable bonds is 18. The molecule has 9 rings (SSSR count). The molecule has 6 heterocycles. The van der Waals surface area contributed by atoms with Gasteiger partial charge in [-0.25, -0.2) is 15.0 Å². The fraction of sp³-hybridized carbons (Fsp3) is 0.591. The summed E-state index contributed by atoms with van der Waals surface area (Å²) in [5.74, 6) is -1.83. The average molecular weight is 1620 g/mol. The number of nitrogens with zero attached hydrogens (tertiary/aromatic N) is 6. The highest BCUT2D eigenvalue weighted by Crippen LogP contribution is 2.35. The molecule has 0 saturated carbocycles. The van der Waals surface area contributed by atoms with Crippen LogP contribution in [0.5, 0.6) is 0 Å². The van der Waals surface area contributed by atoms with E-state index in [4.69, 9.17) is 0 Å². The Kier molecular flexibility index (Phi) is 34.5. The van der Waals surface area contributed by atoms with E-state index >= 15 is 0 Å². The zero-order valence-electron chi connectivity index (χ0n) is 72.5. The van der Waals surface area contributed by atoms with Crippen LogP contribution in [-0.2, 0) is 33.6 Å². The van der Waals surface area contributed by atoms with E-state index in [0.29, 0.717) is 31.0 Å². The molecule has 3 aromatic heterocycles. The standard InChI is InChI=1S/C28H40N4O4S.C25H34N4O4S.C15H18N2S.C14H28N2O2.C6H14/c1-16(18-9-11-19(12-10-18)22-17(2)29-15-37-22)30-24(34)21-13-20(33)14-32(21)25(35)23(27(3,4)5)31-26(36)28(6,7)8;1-14(17-7-9-18(10-8-17)21-15(2)26-13-34-21)27-23(32)20-11-19(31)12-29(20)24(33)22(25(4,5)6)28-16(3)30;1-10(2)17-11(3)13-5-7-14(8-6-13)15-12(4)16-9-18-15;1-13(2,3)11(15-14(4,5)6)12(18)16-8-7-10(17)9-16;1-5-6(2,3)4/h9-12,15-16,20-21,23,33H,13-14H2,1-8H3,(H,30,34)(H,31,36);7-10,13-14,19-20,22,31H,11-12H2,1-6H3,(H,27,32)(H,28,30);5-9,11,17H,1H2,2-4H3;10-11,15,17H,7-9H2,1-6H3;5H2,1-4H3/t16-,20+,21-,23+;14-,19+,20-,22+;11-;10-,11-;/m0001./s1.